The predicted molar refractivity (Wildman–Crippen MR) is 184 cm³/mol. The summed E-state index contributed by atoms with van der Waals surface area (Å²) < 4.78 is 17.6. The molecule has 0 spiro atoms. The van der Waals surface area contributed by atoms with Crippen molar-refractivity contribution < 1.29 is 14.2 Å². The minimum atomic E-state index is 0.294. The molecule has 0 aliphatic carbocycles. The van der Waals surface area contributed by atoms with Gasteiger partial charge in [-0.1, -0.05) is 6.07 Å². The molecular formula is C34H52N8O3. The Kier molecular flexibility index (Phi) is 11.4. The van der Waals surface area contributed by atoms with Crippen LogP contribution in [0, 0.1) is 0 Å². The predicted octanol–water partition coefficient (Wildman–Crippen LogP) is 4.24. The Morgan fingerprint density at radius 2 is 1.62 bits per heavy atom. The first-order valence-corrected chi connectivity index (χ1v) is 16.3. The van der Waals surface area contributed by atoms with E-state index < -0.39 is 0 Å². The lowest BCUT2D eigenvalue weighted by atomic mass is 10.0. The Labute approximate surface area is 268 Å². The Balaban J connectivity index is 1.27. The molecule has 11 nitrogen and oxygen atoms in total. The average Bonchev–Trinajstić information content (AvgIpc) is 3.55. The lowest BCUT2D eigenvalue weighted by molar-refractivity contribution is 0.203. The van der Waals surface area contributed by atoms with Crippen molar-refractivity contribution in [3.63, 3.8) is 0 Å². The molecule has 0 unspecified atom stereocenters. The number of benzene rings is 2. The van der Waals surface area contributed by atoms with Gasteiger partial charge in [0.25, 0.3) is 0 Å². The van der Waals surface area contributed by atoms with E-state index >= 15 is 0 Å². The number of hydrogen-bond donors (Lipinski definition) is 2. The summed E-state index contributed by atoms with van der Waals surface area (Å²) in [5, 5.41) is 8.08. The Morgan fingerprint density at radius 1 is 0.889 bits per heavy atom. The van der Waals surface area contributed by atoms with Gasteiger partial charge < -0.3 is 34.6 Å². The fourth-order valence-corrected chi connectivity index (χ4v) is 6.25. The Hall–Kier alpha value is -3.54. The number of aromatic nitrogens is 2. The number of methoxy groups -OCH3 is 2. The third kappa shape index (κ3) is 8.59. The maximum Gasteiger partial charge on any atom is 0.225 e. The van der Waals surface area contributed by atoms with Crippen molar-refractivity contribution in [3.8, 4) is 17.2 Å². The second-order valence-electron chi connectivity index (χ2n) is 12.6. The number of ether oxygens (including phenoxy) is 3. The topological polar surface area (TPSA) is 90.5 Å². The molecule has 45 heavy (non-hydrogen) atoms. The second-order valence-corrected chi connectivity index (χ2v) is 12.6. The van der Waals surface area contributed by atoms with Crippen LogP contribution in [-0.4, -0.2) is 126 Å². The largest absolute Gasteiger partial charge is 0.493 e. The van der Waals surface area contributed by atoms with Gasteiger partial charge >= 0.3 is 0 Å². The van der Waals surface area contributed by atoms with Crippen LogP contribution in [0.5, 0.6) is 17.2 Å². The average molecular weight is 621 g/mol. The van der Waals surface area contributed by atoms with Crippen molar-refractivity contribution >= 4 is 28.4 Å². The minimum absolute atomic E-state index is 0.294. The van der Waals surface area contributed by atoms with Crippen molar-refractivity contribution in [2.24, 2.45) is 0 Å². The van der Waals surface area contributed by atoms with Crippen molar-refractivity contribution in [1.29, 1.82) is 0 Å². The van der Waals surface area contributed by atoms with Crippen molar-refractivity contribution in [1.82, 2.24) is 24.7 Å². The summed E-state index contributed by atoms with van der Waals surface area (Å²) >= 11 is 0. The van der Waals surface area contributed by atoms with Crippen molar-refractivity contribution in [3.05, 3.63) is 35.9 Å². The SMILES string of the molecule is COc1cc2nc(NCCN(C)C)nc(NC3CCN(Cc4c(OCCN5CCCC5)cccc4N(C)C)CC3)c2cc1OC. The van der Waals surface area contributed by atoms with Gasteiger partial charge in [-0.25, -0.2) is 4.98 Å². The summed E-state index contributed by atoms with van der Waals surface area (Å²) in [5.41, 5.74) is 3.30. The van der Waals surface area contributed by atoms with Crippen LogP contribution in [0.4, 0.5) is 17.5 Å². The molecule has 2 aromatic carbocycles. The minimum Gasteiger partial charge on any atom is -0.493 e. The highest BCUT2D eigenvalue weighted by atomic mass is 16.5. The molecule has 0 amide bonds. The number of nitrogens with zero attached hydrogens (tertiary/aromatic N) is 6. The number of nitrogens with one attached hydrogen (secondary N) is 2. The number of rotatable bonds is 15. The van der Waals surface area contributed by atoms with E-state index in [-0.39, 0.29) is 0 Å². The molecule has 1 aromatic heterocycles. The third-order valence-electron chi connectivity index (χ3n) is 8.81. The summed E-state index contributed by atoms with van der Waals surface area (Å²) in [5.74, 6) is 3.75. The van der Waals surface area contributed by atoms with Crippen LogP contribution >= 0.6 is 0 Å². The molecule has 3 heterocycles. The maximum atomic E-state index is 6.41. The summed E-state index contributed by atoms with van der Waals surface area (Å²) in [6, 6.07) is 10.6. The zero-order valence-electron chi connectivity index (χ0n) is 28.1. The lowest BCUT2D eigenvalue weighted by Crippen LogP contribution is -2.39. The van der Waals surface area contributed by atoms with Gasteiger partial charge in [-0.15, -0.1) is 0 Å². The summed E-state index contributed by atoms with van der Waals surface area (Å²) in [7, 11) is 11.6. The molecule has 2 N–H and O–H groups in total. The van der Waals surface area contributed by atoms with Gasteiger partial charge in [0.1, 0.15) is 18.2 Å². The zero-order chi connectivity index (χ0) is 31.8. The van der Waals surface area contributed by atoms with Crippen LogP contribution in [0.1, 0.15) is 31.2 Å². The number of hydrogen-bond acceptors (Lipinski definition) is 11. The van der Waals surface area contributed by atoms with Gasteiger partial charge in [-0.2, -0.15) is 4.98 Å². The van der Waals surface area contributed by atoms with Crippen LogP contribution in [0.25, 0.3) is 10.9 Å². The first-order valence-electron chi connectivity index (χ1n) is 16.3. The summed E-state index contributed by atoms with van der Waals surface area (Å²) in [6.45, 7) is 8.58. The molecule has 0 bridgehead atoms. The Morgan fingerprint density at radius 3 is 2.31 bits per heavy atom. The molecule has 0 atom stereocenters. The molecular weight excluding hydrogens is 568 g/mol. The van der Waals surface area contributed by atoms with Gasteiger partial charge in [0.15, 0.2) is 11.5 Å². The third-order valence-corrected chi connectivity index (χ3v) is 8.81. The molecule has 11 heteroatoms. The van der Waals surface area contributed by atoms with E-state index in [9.17, 15) is 0 Å². The van der Waals surface area contributed by atoms with Crippen LogP contribution < -0.4 is 29.7 Å². The van der Waals surface area contributed by atoms with Gasteiger partial charge in [-0.05, 0) is 71.1 Å². The molecule has 246 valence electrons. The van der Waals surface area contributed by atoms with Gasteiger partial charge in [-0.3, -0.25) is 9.80 Å². The van der Waals surface area contributed by atoms with Crippen LogP contribution in [-0.2, 0) is 6.54 Å². The van der Waals surface area contributed by atoms with Gasteiger partial charge in [0.2, 0.25) is 5.95 Å². The number of likely N-dealkylation sites (tertiary alicyclic amines) is 2. The van der Waals surface area contributed by atoms with E-state index in [2.05, 4.69) is 76.6 Å². The molecule has 5 rings (SSSR count). The first-order chi connectivity index (χ1) is 21.8. The molecule has 0 saturated carbocycles. The smallest absolute Gasteiger partial charge is 0.225 e. The van der Waals surface area contributed by atoms with Crippen LogP contribution in [0.2, 0.25) is 0 Å². The molecule has 2 aliphatic heterocycles. The van der Waals surface area contributed by atoms with E-state index in [0.29, 0.717) is 23.5 Å². The van der Waals surface area contributed by atoms with Crippen molar-refractivity contribution in [2.45, 2.75) is 38.3 Å². The van der Waals surface area contributed by atoms with Gasteiger partial charge in [0.05, 0.1) is 19.7 Å². The standard InChI is InChI=1S/C34H52N8O3/c1-39(2)19-14-35-34-37-28-23-32(44-6)31(43-5)22-26(28)33(38-34)36-25-12-17-42(18-13-25)24-27-29(40(3)4)10-9-11-30(27)45-21-20-41-15-7-8-16-41/h9-11,22-23,25H,7-8,12-21,24H2,1-6H3,(H2,35,36,37,38). The number of likely N-dealkylation sites (N-methyl/N-ethyl adjacent to an activating group) is 1. The molecule has 2 saturated heterocycles. The number of anilines is 3. The van der Waals surface area contributed by atoms with Crippen LogP contribution in [0.3, 0.4) is 0 Å². The van der Waals surface area contributed by atoms with Crippen molar-refractivity contribution in [2.75, 3.05) is 110 Å². The van der Waals surface area contributed by atoms with E-state index in [1.54, 1.807) is 14.2 Å². The normalized spacial score (nSPS) is 16.3. The highest BCUT2D eigenvalue weighted by molar-refractivity contribution is 5.92. The van der Waals surface area contributed by atoms with E-state index in [4.69, 9.17) is 24.2 Å². The summed E-state index contributed by atoms with van der Waals surface area (Å²) in [6.07, 6.45) is 4.63. The van der Waals surface area contributed by atoms with E-state index in [1.165, 1.54) is 37.2 Å². The molecule has 2 fully saturated rings. The fraction of sp³-hybridized carbons (Fsp3) is 0.588. The summed E-state index contributed by atoms with van der Waals surface area (Å²) in [4.78, 5) is 19.1. The lowest BCUT2D eigenvalue weighted by Gasteiger charge is -2.34. The molecule has 2 aliphatic rings. The fourth-order valence-electron chi connectivity index (χ4n) is 6.25. The number of fused-ring (bicyclic) bond motifs is 1. The highest BCUT2D eigenvalue weighted by Gasteiger charge is 2.24. The monoisotopic (exact) mass is 620 g/mol. The van der Waals surface area contributed by atoms with E-state index in [0.717, 1.165) is 81.2 Å². The molecule has 0 radical (unpaired) electrons. The Bertz CT molecular complexity index is 1390. The first kappa shape index (κ1) is 32.8. The zero-order valence-corrected chi connectivity index (χ0v) is 28.1. The van der Waals surface area contributed by atoms with Gasteiger partial charge in [0, 0.05) is 82.1 Å². The van der Waals surface area contributed by atoms with Crippen LogP contribution in [0.15, 0.2) is 30.3 Å². The highest BCUT2D eigenvalue weighted by Crippen LogP contribution is 2.36. The number of piperidine rings is 1. The van der Waals surface area contributed by atoms with E-state index in [1.807, 2.05) is 12.1 Å². The maximum absolute atomic E-state index is 6.41. The second kappa shape index (κ2) is 15.6. The molecule has 3 aromatic rings. The quantitative estimate of drug-likeness (QED) is 0.256.